The first-order valence-corrected chi connectivity index (χ1v) is 6.51. The number of terminal acetylenes is 1. The number of unbranched alkanes of at least 4 members (excludes halogenated alkanes) is 1. The second kappa shape index (κ2) is 11.5. The highest BCUT2D eigenvalue weighted by Gasteiger charge is 2.14. The minimum absolute atomic E-state index is 0.0149. The molecule has 0 heterocycles. The third-order valence-electron chi connectivity index (χ3n) is 2.74. The van der Waals surface area contributed by atoms with Crippen molar-refractivity contribution in [3.8, 4) is 12.3 Å². The Kier molecular flexibility index (Phi) is 10.6. The molecule has 0 aromatic carbocycles. The second-order valence-electron chi connectivity index (χ2n) is 4.46. The normalized spacial score (nSPS) is 11.7. The molecule has 2 N–H and O–H groups in total. The zero-order valence-corrected chi connectivity index (χ0v) is 11.1. The Morgan fingerprint density at radius 3 is 2.37 bits per heavy atom. The quantitative estimate of drug-likeness (QED) is 0.419. The number of hydrogen-bond donors (Lipinski definition) is 2. The van der Waals surface area contributed by atoms with Crippen LogP contribution in [-0.2, 0) is 14.3 Å². The minimum atomic E-state index is -0.888. The predicted molar refractivity (Wildman–Crippen MR) is 70.7 cm³/mol. The fourth-order valence-electron chi connectivity index (χ4n) is 1.78. The topological polar surface area (TPSA) is 83.8 Å². The maximum Gasteiger partial charge on any atom is 0.303 e. The monoisotopic (exact) mass is 270 g/mol. The molecular weight excluding hydrogens is 248 g/mol. The summed E-state index contributed by atoms with van der Waals surface area (Å²) in [6, 6.07) is 0. The van der Waals surface area contributed by atoms with Gasteiger partial charge in [0.05, 0.1) is 0 Å². The van der Waals surface area contributed by atoms with Gasteiger partial charge < -0.3 is 14.9 Å². The smallest absolute Gasteiger partial charge is 0.303 e. The van der Waals surface area contributed by atoms with Gasteiger partial charge in [-0.2, -0.15) is 0 Å². The van der Waals surface area contributed by atoms with E-state index >= 15 is 0 Å². The molecule has 0 saturated heterocycles. The van der Waals surface area contributed by atoms with Crippen molar-refractivity contribution in [2.24, 2.45) is 5.92 Å². The van der Waals surface area contributed by atoms with Gasteiger partial charge in [-0.05, 0) is 31.6 Å². The molecule has 0 aliphatic heterocycles. The van der Waals surface area contributed by atoms with Gasteiger partial charge in [0.1, 0.15) is 0 Å². The fourth-order valence-corrected chi connectivity index (χ4v) is 1.78. The van der Waals surface area contributed by atoms with Gasteiger partial charge in [-0.15, -0.1) is 12.3 Å². The fraction of sp³-hybridized carbons (Fsp3) is 0.714. The lowest BCUT2D eigenvalue weighted by Gasteiger charge is -2.13. The van der Waals surface area contributed by atoms with Crippen LogP contribution in [0.25, 0.3) is 0 Å². The van der Waals surface area contributed by atoms with E-state index in [4.69, 9.17) is 21.4 Å². The molecule has 0 rings (SSSR count). The van der Waals surface area contributed by atoms with E-state index in [-0.39, 0.29) is 18.8 Å². The summed E-state index contributed by atoms with van der Waals surface area (Å²) >= 11 is 0. The van der Waals surface area contributed by atoms with Crippen LogP contribution in [-0.4, -0.2) is 35.4 Å². The zero-order chi connectivity index (χ0) is 14.5. The number of hydrogen-bond acceptors (Lipinski definition) is 3. The average Bonchev–Trinajstić information content (AvgIpc) is 2.33. The SMILES string of the molecule is C#CCCCOCCCC(CCC(=O)O)CC(=O)O. The van der Waals surface area contributed by atoms with E-state index < -0.39 is 11.9 Å². The summed E-state index contributed by atoms with van der Waals surface area (Å²) in [5.74, 6) is 0.658. The Labute approximate surface area is 114 Å². The van der Waals surface area contributed by atoms with Gasteiger partial charge in [-0.25, -0.2) is 0 Å². The van der Waals surface area contributed by atoms with E-state index in [9.17, 15) is 9.59 Å². The molecule has 0 aromatic rings. The highest BCUT2D eigenvalue weighted by molar-refractivity contribution is 5.68. The van der Waals surface area contributed by atoms with Crippen LogP contribution in [0, 0.1) is 18.3 Å². The molecule has 0 aliphatic rings. The van der Waals surface area contributed by atoms with Gasteiger partial charge in [-0.1, -0.05) is 0 Å². The molecule has 5 nitrogen and oxygen atoms in total. The molecule has 0 aliphatic carbocycles. The molecule has 0 radical (unpaired) electrons. The summed E-state index contributed by atoms with van der Waals surface area (Å²) in [7, 11) is 0. The Bertz CT molecular complexity index is 305. The highest BCUT2D eigenvalue weighted by Crippen LogP contribution is 2.18. The third kappa shape index (κ3) is 12.7. The van der Waals surface area contributed by atoms with Crippen molar-refractivity contribution < 1.29 is 24.5 Å². The van der Waals surface area contributed by atoms with Gasteiger partial charge in [0, 0.05) is 32.5 Å². The summed E-state index contributed by atoms with van der Waals surface area (Å²) in [5, 5.41) is 17.4. The van der Waals surface area contributed by atoms with Crippen LogP contribution in [0.2, 0.25) is 0 Å². The summed E-state index contributed by atoms with van der Waals surface area (Å²) in [6.45, 7) is 1.18. The first-order chi connectivity index (χ1) is 9.06. The van der Waals surface area contributed by atoms with Crippen molar-refractivity contribution in [1.29, 1.82) is 0 Å². The maximum absolute atomic E-state index is 10.7. The van der Waals surface area contributed by atoms with E-state index in [1.54, 1.807) is 0 Å². The predicted octanol–water partition coefficient (Wildman–Crippen LogP) is 2.15. The van der Waals surface area contributed by atoms with Crippen LogP contribution in [0.15, 0.2) is 0 Å². The van der Waals surface area contributed by atoms with E-state index in [0.29, 0.717) is 32.5 Å². The number of rotatable bonds is 12. The molecule has 0 bridgehead atoms. The van der Waals surface area contributed by atoms with Crippen molar-refractivity contribution in [1.82, 2.24) is 0 Å². The van der Waals surface area contributed by atoms with Crippen LogP contribution in [0.1, 0.15) is 44.9 Å². The number of aliphatic carboxylic acids is 2. The number of carboxylic acid groups (broad SMARTS) is 2. The molecule has 0 amide bonds. The molecule has 19 heavy (non-hydrogen) atoms. The lowest BCUT2D eigenvalue weighted by molar-refractivity contribution is -0.140. The molecule has 0 aromatic heterocycles. The minimum Gasteiger partial charge on any atom is -0.481 e. The van der Waals surface area contributed by atoms with Crippen LogP contribution >= 0.6 is 0 Å². The molecule has 1 unspecified atom stereocenters. The van der Waals surface area contributed by atoms with Crippen molar-refractivity contribution in [2.75, 3.05) is 13.2 Å². The molecule has 0 fully saturated rings. The Balaban J connectivity index is 3.70. The average molecular weight is 270 g/mol. The number of carboxylic acids is 2. The summed E-state index contributed by atoms with van der Waals surface area (Å²) in [6.07, 6.45) is 8.48. The number of ether oxygens (including phenoxy) is 1. The number of carbonyl (C=O) groups is 2. The molecule has 108 valence electrons. The molecule has 1 atom stereocenters. The van der Waals surface area contributed by atoms with Crippen molar-refractivity contribution in [3.63, 3.8) is 0 Å². The van der Waals surface area contributed by atoms with Gasteiger partial charge in [-0.3, -0.25) is 9.59 Å². The van der Waals surface area contributed by atoms with Gasteiger partial charge in [0.25, 0.3) is 0 Å². The lowest BCUT2D eigenvalue weighted by atomic mass is 9.94. The first kappa shape index (κ1) is 17.5. The van der Waals surface area contributed by atoms with Crippen molar-refractivity contribution in [3.05, 3.63) is 0 Å². The Morgan fingerprint density at radius 1 is 1.11 bits per heavy atom. The Hall–Kier alpha value is -1.54. The second-order valence-corrected chi connectivity index (χ2v) is 4.46. The third-order valence-corrected chi connectivity index (χ3v) is 2.74. The van der Waals surface area contributed by atoms with Crippen LogP contribution < -0.4 is 0 Å². The van der Waals surface area contributed by atoms with Gasteiger partial charge in [0.15, 0.2) is 0 Å². The maximum atomic E-state index is 10.7. The van der Waals surface area contributed by atoms with E-state index in [1.807, 2.05) is 0 Å². The highest BCUT2D eigenvalue weighted by atomic mass is 16.5. The summed E-state index contributed by atoms with van der Waals surface area (Å²) < 4.78 is 5.36. The largest absolute Gasteiger partial charge is 0.481 e. The molecule has 0 saturated carbocycles. The Morgan fingerprint density at radius 2 is 1.79 bits per heavy atom. The van der Waals surface area contributed by atoms with Crippen molar-refractivity contribution >= 4 is 11.9 Å². The van der Waals surface area contributed by atoms with Crippen LogP contribution in [0.4, 0.5) is 0 Å². The molecule has 0 spiro atoms. The zero-order valence-electron chi connectivity index (χ0n) is 11.1. The lowest BCUT2D eigenvalue weighted by Crippen LogP contribution is -2.11. The van der Waals surface area contributed by atoms with E-state index in [0.717, 1.165) is 12.8 Å². The van der Waals surface area contributed by atoms with E-state index in [1.165, 1.54) is 0 Å². The van der Waals surface area contributed by atoms with Crippen LogP contribution in [0.5, 0.6) is 0 Å². The van der Waals surface area contributed by atoms with E-state index in [2.05, 4.69) is 5.92 Å². The van der Waals surface area contributed by atoms with Gasteiger partial charge >= 0.3 is 11.9 Å². The standard InChI is InChI=1S/C14H22O5/c1-2-3-4-9-19-10-5-6-12(11-14(17)18)7-8-13(15)16/h1,12H,3-11H2,(H,15,16)(H,17,18). The van der Waals surface area contributed by atoms with Crippen molar-refractivity contribution in [2.45, 2.75) is 44.9 Å². The molecule has 5 heteroatoms. The summed E-state index contributed by atoms with van der Waals surface area (Å²) in [5.41, 5.74) is 0. The first-order valence-electron chi connectivity index (χ1n) is 6.51. The molecular formula is C14H22O5. The van der Waals surface area contributed by atoms with Crippen LogP contribution in [0.3, 0.4) is 0 Å². The summed E-state index contributed by atoms with van der Waals surface area (Å²) in [4.78, 5) is 21.1. The van der Waals surface area contributed by atoms with Gasteiger partial charge in [0.2, 0.25) is 0 Å².